The highest BCUT2D eigenvalue weighted by Gasteiger charge is 2.66. The van der Waals surface area contributed by atoms with Crippen LogP contribution in [0.5, 0.6) is 0 Å². The van der Waals surface area contributed by atoms with Crippen molar-refractivity contribution in [3.8, 4) is 0 Å². The minimum atomic E-state index is -2.96. The molecule has 2 saturated heterocycles. The predicted octanol–water partition coefficient (Wildman–Crippen LogP) is 5.75. The van der Waals surface area contributed by atoms with Gasteiger partial charge in [0.25, 0.3) is 16.6 Å². The third-order valence-corrected chi connectivity index (χ3v) is 20.1. The summed E-state index contributed by atoms with van der Waals surface area (Å²) >= 11 is 0. The Morgan fingerprint density at radius 2 is 0.959 bits per heavy atom. The molecule has 4 aromatic rings. The first-order valence-corrected chi connectivity index (χ1v) is 21.2. The number of hydrogen-bond donors (Lipinski definition) is 1. The molecule has 0 saturated carbocycles. The van der Waals surface area contributed by atoms with Crippen LogP contribution in [-0.4, -0.2) is 64.8 Å². The van der Waals surface area contributed by atoms with Gasteiger partial charge in [0.15, 0.2) is 5.79 Å². The van der Waals surface area contributed by atoms with Gasteiger partial charge in [-0.2, -0.15) is 0 Å². The molecule has 4 aromatic carbocycles. The van der Waals surface area contributed by atoms with Gasteiger partial charge in [-0.3, -0.25) is 0 Å². The molecule has 8 heteroatoms. The molecule has 2 fully saturated rings. The Kier molecular flexibility index (Phi) is 9.76. The van der Waals surface area contributed by atoms with E-state index in [0.29, 0.717) is 0 Å². The van der Waals surface area contributed by atoms with Crippen molar-refractivity contribution in [2.45, 2.75) is 95.4 Å². The molecule has 0 aromatic heterocycles. The molecule has 2 aliphatic rings. The Balaban J connectivity index is 1.36. The maximum Gasteiger partial charge on any atom is 0.261 e. The fraction of sp³-hybridized carbons (Fsp3) is 0.415. The molecular weight excluding hydrogens is 645 g/mol. The topological polar surface area (TPSA) is 66.4 Å². The highest BCUT2D eigenvalue weighted by molar-refractivity contribution is 7.00. The highest BCUT2D eigenvalue weighted by Crippen LogP contribution is 2.48. The normalized spacial score (nSPS) is 24.1. The lowest BCUT2D eigenvalue weighted by molar-refractivity contribution is -0.274. The fourth-order valence-electron chi connectivity index (χ4n) is 8.05. The van der Waals surface area contributed by atoms with Crippen LogP contribution in [0.1, 0.15) is 55.4 Å². The number of fused-ring (bicyclic) bond motifs is 1. The molecule has 1 N–H and O–H groups in total. The van der Waals surface area contributed by atoms with Crippen LogP contribution >= 0.6 is 0 Å². The molecule has 6 rings (SSSR count). The Morgan fingerprint density at radius 3 is 1.33 bits per heavy atom. The largest absolute Gasteiger partial charge is 0.405 e. The molecular formula is C41H52O6Si2. The van der Waals surface area contributed by atoms with E-state index in [4.69, 9.17) is 23.1 Å². The molecule has 0 unspecified atom stereocenters. The van der Waals surface area contributed by atoms with E-state index < -0.39 is 46.5 Å². The number of benzene rings is 4. The van der Waals surface area contributed by atoms with E-state index in [1.54, 1.807) is 0 Å². The van der Waals surface area contributed by atoms with Gasteiger partial charge in [0.05, 0.1) is 13.2 Å². The lowest BCUT2D eigenvalue weighted by Crippen LogP contribution is -2.68. The van der Waals surface area contributed by atoms with E-state index in [1.165, 1.54) is 10.4 Å². The molecule has 260 valence electrons. The van der Waals surface area contributed by atoms with Crippen LogP contribution in [0.4, 0.5) is 0 Å². The van der Waals surface area contributed by atoms with Crippen molar-refractivity contribution < 1.29 is 28.2 Å². The summed E-state index contributed by atoms with van der Waals surface area (Å²) in [5.41, 5.74) is 0. The van der Waals surface area contributed by atoms with Crippen LogP contribution in [0, 0.1) is 0 Å². The molecule has 2 aliphatic heterocycles. The monoisotopic (exact) mass is 696 g/mol. The van der Waals surface area contributed by atoms with Gasteiger partial charge in [-0.15, -0.1) is 0 Å². The zero-order valence-electron chi connectivity index (χ0n) is 30.2. The zero-order valence-corrected chi connectivity index (χ0v) is 32.2. The van der Waals surface area contributed by atoms with Gasteiger partial charge in [-0.25, -0.2) is 0 Å². The Bertz CT molecular complexity index is 1590. The summed E-state index contributed by atoms with van der Waals surface area (Å²) in [5, 5.41) is 16.2. The first-order chi connectivity index (χ1) is 23.2. The van der Waals surface area contributed by atoms with Gasteiger partial charge in [-0.05, 0) is 44.7 Å². The molecule has 0 spiro atoms. The average molecular weight is 697 g/mol. The Labute approximate surface area is 294 Å². The van der Waals surface area contributed by atoms with Crippen molar-refractivity contribution in [2.24, 2.45) is 0 Å². The van der Waals surface area contributed by atoms with Crippen molar-refractivity contribution in [1.29, 1.82) is 0 Å². The molecule has 0 amide bonds. The minimum Gasteiger partial charge on any atom is -0.405 e. The summed E-state index contributed by atoms with van der Waals surface area (Å²) in [6.07, 6.45) is -2.47. The predicted molar refractivity (Wildman–Crippen MR) is 201 cm³/mol. The van der Waals surface area contributed by atoms with Gasteiger partial charge in [-0.1, -0.05) is 163 Å². The molecule has 0 bridgehead atoms. The Hall–Kier alpha value is -2.93. The van der Waals surface area contributed by atoms with Gasteiger partial charge in [0.1, 0.15) is 18.3 Å². The van der Waals surface area contributed by atoms with Crippen LogP contribution < -0.4 is 20.7 Å². The highest BCUT2D eigenvalue weighted by atomic mass is 28.4. The quantitative estimate of drug-likeness (QED) is 0.213. The summed E-state index contributed by atoms with van der Waals surface area (Å²) in [4.78, 5) is 0. The SMILES string of the molecule is CC1(C)O[C@H]2[C@H](O)[C@H](CO[Si](c3ccccc3)(c3ccccc3)C(C)(C)C)O[C@@]2(CO[Si](c2ccccc2)(c2ccccc2)C(C)(C)C)O1. The fourth-order valence-corrected chi connectivity index (χ4v) is 17.2. The van der Waals surface area contributed by atoms with Crippen molar-refractivity contribution in [3.05, 3.63) is 121 Å². The van der Waals surface area contributed by atoms with Crippen molar-refractivity contribution in [2.75, 3.05) is 13.2 Å². The van der Waals surface area contributed by atoms with E-state index in [-0.39, 0.29) is 23.3 Å². The van der Waals surface area contributed by atoms with E-state index in [9.17, 15) is 5.11 Å². The van der Waals surface area contributed by atoms with E-state index in [2.05, 4.69) is 139 Å². The third kappa shape index (κ3) is 6.43. The first-order valence-electron chi connectivity index (χ1n) is 17.4. The summed E-state index contributed by atoms with van der Waals surface area (Å²) in [5.74, 6) is -2.32. The average Bonchev–Trinajstić information content (AvgIpc) is 3.48. The van der Waals surface area contributed by atoms with Gasteiger partial charge in [0, 0.05) is 0 Å². The van der Waals surface area contributed by atoms with E-state index in [1.807, 2.05) is 38.1 Å². The molecule has 6 nitrogen and oxygen atoms in total. The maximum atomic E-state index is 12.0. The minimum absolute atomic E-state index is 0.0845. The van der Waals surface area contributed by atoms with Crippen molar-refractivity contribution in [1.82, 2.24) is 0 Å². The number of aliphatic hydroxyl groups excluding tert-OH is 1. The van der Waals surface area contributed by atoms with Crippen molar-refractivity contribution >= 4 is 37.4 Å². The van der Waals surface area contributed by atoms with Crippen LogP contribution in [0.15, 0.2) is 121 Å². The van der Waals surface area contributed by atoms with Crippen LogP contribution in [0.3, 0.4) is 0 Å². The summed E-state index contributed by atoms with van der Waals surface area (Å²) in [6.45, 7) is 17.4. The van der Waals surface area contributed by atoms with E-state index in [0.717, 1.165) is 10.4 Å². The number of ether oxygens (including phenoxy) is 3. The summed E-state index contributed by atoms with van der Waals surface area (Å²) in [7, 11) is -5.85. The number of rotatable bonds is 10. The van der Waals surface area contributed by atoms with Crippen LogP contribution in [-0.2, 0) is 23.1 Å². The molecule has 0 radical (unpaired) electrons. The molecule has 2 heterocycles. The summed E-state index contributed by atoms with van der Waals surface area (Å²) < 4.78 is 34.6. The van der Waals surface area contributed by atoms with E-state index >= 15 is 0 Å². The lowest BCUT2D eigenvalue weighted by atomic mass is 10.1. The molecule has 49 heavy (non-hydrogen) atoms. The van der Waals surface area contributed by atoms with Gasteiger partial charge >= 0.3 is 0 Å². The van der Waals surface area contributed by atoms with Gasteiger partial charge < -0.3 is 28.2 Å². The smallest absolute Gasteiger partial charge is 0.261 e. The third-order valence-electron chi connectivity index (χ3n) is 10.1. The summed E-state index contributed by atoms with van der Waals surface area (Å²) in [6, 6.07) is 42.0. The molecule has 0 aliphatic carbocycles. The van der Waals surface area contributed by atoms with Crippen LogP contribution in [0.2, 0.25) is 10.1 Å². The van der Waals surface area contributed by atoms with Crippen molar-refractivity contribution in [3.63, 3.8) is 0 Å². The number of aliphatic hydroxyl groups is 1. The zero-order chi connectivity index (χ0) is 35.1. The van der Waals surface area contributed by atoms with Crippen LogP contribution in [0.25, 0.3) is 0 Å². The molecule has 4 atom stereocenters. The number of hydrogen-bond acceptors (Lipinski definition) is 6. The second-order valence-corrected chi connectivity index (χ2v) is 24.5. The standard InChI is InChI=1S/C41H52O6Si2/c1-38(2,3)48(31-21-13-9-14-22-31,32-23-15-10-16-24-32)43-29-35-36(42)37-41(45-35,47-40(7,8)46-37)30-44-49(39(4,5)6,33-25-17-11-18-26-33)34-27-19-12-20-28-34/h9-28,35-37,42H,29-30H2,1-8H3/t35-,36+,37-,41-/m0/s1. The second-order valence-electron chi connectivity index (χ2n) is 15.9. The second kappa shape index (κ2) is 13.3. The first kappa shape index (κ1) is 35.9. The van der Waals surface area contributed by atoms with Gasteiger partial charge in [0.2, 0.25) is 5.79 Å². The maximum absolute atomic E-state index is 12.0. The lowest BCUT2D eigenvalue weighted by Gasteiger charge is -2.45. The Morgan fingerprint density at radius 1 is 0.592 bits per heavy atom.